The maximum atomic E-state index is 12.5. The summed E-state index contributed by atoms with van der Waals surface area (Å²) in [5.74, 6) is -0.484. The zero-order valence-electron chi connectivity index (χ0n) is 14.5. The molecule has 26 heavy (non-hydrogen) atoms. The maximum absolute atomic E-state index is 12.5. The van der Waals surface area contributed by atoms with Gasteiger partial charge in [0.2, 0.25) is 11.8 Å². The van der Waals surface area contributed by atoms with Crippen molar-refractivity contribution < 1.29 is 9.59 Å². The van der Waals surface area contributed by atoms with Gasteiger partial charge in [0.15, 0.2) is 0 Å². The number of H-pyrrole nitrogens is 1. The molecule has 1 aromatic heterocycles. The zero-order valence-corrected chi connectivity index (χ0v) is 14.5. The van der Waals surface area contributed by atoms with E-state index in [9.17, 15) is 9.59 Å². The van der Waals surface area contributed by atoms with Crippen molar-refractivity contribution in [2.45, 2.75) is 19.4 Å². The Morgan fingerprint density at radius 1 is 1.08 bits per heavy atom. The quantitative estimate of drug-likeness (QED) is 0.641. The number of aromatic amines is 1. The average molecular weight is 347 g/mol. The molecule has 3 aromatic rings. The van der Waals surface area contributed by atoms with E-state index in [-0.39, 0.29) is 11.8 Å². The number of carbonyl (C=O) groups is 2. The summed E-state index contributed by atoms with van der Waals surface area (Å²) in [6, 6.07) is 16.9. The van der Waals surface area contributed by atoms with Gasteiger partial charge in [-0.2, -0.15) is 0 Å². The molecule has 1 heterocycles. The molecule has 0 aliphatic carbocycles. The Labute approximate surface area is 152 Å². The van der Waals surface area contributed by atoms with E-state index in [0.29, 0.717) is 6.42 Å². The molecule has 0 saturated heterocycles. The molecule has 0 fully saturated rings. The number of nitrogens with one attached hydrogen (secondary N) is 3. The molecular formula is C21H21N3O2. The van der Waals surface area contributed by atoms with Crippen molar-refractivity contribution in [3.05, 3.63) is 78.1 Å². The minimum absolute atomic E-state index is 0.235. The minimum Gasteiger partial charge on any atom is -0.361 e. The molecule has 0 radical (unpaired) electrons. The lowest BCUT2D eigenvalue weighted by Gasteiger charge is -2.16. The highest BCUT2D eigenvalue weighted by Crippen LogP contribution is 2.18. The van der Waals surface area contributed by atoms with E-state index in [1.54, 1.807) is 6.20 Å². The summed E-state index contributed by atoms with van der Waals surface area (Å²) in [5.41, 5.74) is 3.01. The Hall–Kier alpha value is -3.34. The Morgan fingerprint density at radius 3 is 2.58 bits per heavy atom. The van der Waals surface area contributed by atoms with E-state index in [2.05, 4.69) is 15.6 Å². The fourth-order valence-corrected chi connectivity index (χ4v) is 2.85. The Bertz CT molecular complexity index is 929. The molecule has 0 spiro atoms. The van der Waals surface area contributed by atoms with E-state index in [1.165, 1.54) is 6.92 Å². The summed E-state index contributed by atoms with van der Waals surface area (Å²) in [4.78, 5) is 27.1. The molecule has 5 nitrogen and oxygen atoms in total. The summed E-state index contributed by atoms with van der Waals surface area (Å²) < 4.78 is 0. The standard InChI is InChI=1S/C21H21N3O2/c1-15(25)24-20(13-16-7-3-2-4-8-16)21(26)22-12-11-17-14-23-19-10-6-5-9-18(17)19/h2-12,14,20,23H,13H2,1H3,(H,22,26)(H,24,25)/b12-11-/t20-/m0/s1. The third-order valence-electron chi connectivity index (χ3n) is 4.09. The molecule has 0 aliphatic heterocycles. The summed E-state index contributed by atoms with van der Waals surface area (Å²) in [6.45, 7) is 1.41. The number of benzene rings is 2. The lowest BCUT2D eigenvalue weighted by molar-refractivity contribution is -0.127. The van der Waals surface area contributed by atoms with Crippen LogP contribution in [0.25, 0.3) is 17.0 Å². The van der Waals surface area contributed by atoms with Crippen molar-refractivity contribution in [1.29, 1.82) is 0 Å². The van der Waals surface area contributed by atoms with Gasteiger partial charge in [0.05, 0.1) is 0 Å². The van der Waals surface area contributed by atoms with Crippen molar-refractivity contribution in [3.63, 3.8) is 0 Å². The molecular weight excluding hydrogens is 326 g/mol. The van der Waals surface area contributed by atoms with Gasteiger partial charge in [0.1, 0.15) is 6.04 Å². The molecule has 1 atom stereocenters. The number of hydrogen-bond donors (Lipinski definition) is 3. The van der Waals surface area contributed by atoms with Crippen molar-refractivity contribution in [3.8, 4) is 0 Å². The third kappa shape index (κ3) is 4.39. The summed E-state index contributed by atoms with van der Waals surface area (Å²) in [6.07, 6.45) is 5.78. The molecule has 132 valence electrons. The predicted octanol–water partition coefficient (Wildman–Crippen LogP) is 3.00. The van der Waals surface area contributed by atoms with E-state index in [1.807, 2.05) is 66.9 Å². The Kier molecular flexibility index (Phi) is 5.49. The van der Waals surface area contributed by atoms with Crippen LogP contribution >= 0.6 is 0 Å². The van der Waals surface area contributed by atoms with Crippen molar-refractivity contribution >= 4 is 28.8 Å². The maximum Gasteiger partial charge on any atom is 0.246 e. The number of hydrogen-bond acceptors (Lipinski definition) is 2. The van der Waals surface area contributed by atoms with Gasteiger partial charge >= 0.3 is 0 Å². The molecule has 2 amide bonds. The second-order valence-corrected chi connectivity index (χ2v) is 6.07. The van der Waals surface area contributed by atoms with Gasteiger partial charge in [-0.15, -0.1) is 0 Å². The number of amides is 2. The van der Waals surface area contributed by atoms with Gasteiger partial charge < -0.3 is 15.6 Å². The second kappa shape index (κ2) is 8.16. The molecule has 2 aromatic carbocycles. The predicted molar refractivity (Wildman–Crippen MR) is 103 cm³/mol. The Balaban J connectivity index is 1.68. The first kappa shape index (κ1) is 17.5. The van der Waals surface area contributed by atoms with Crippen LogP contribution in [-0.4, -0.2) is 22.8 Å². The molecule has 0 unspecified atom stereocenters. The lowest BCUT2D eigenvalue weighted by atomic mass is 10.1. The summed E-state index contributed by atoms with van der Waals surface area (Å²) in [7, 11) is 0. The van der Waals surface area contributed by atoms with Crippen LogP contribution in [0.4, 0.5) is 0 Å². The smallest absolute Gasteiger partial charge is 0.246 e. The van der Waals surface area contributed by atoms with E-state index in [0.717, 1.165) is 22.0 Å². The number of rotatable bonds is 6. The molecule has 3 rings (SSSR count). The number of aromatic nitrogens is 1. The van der Waals surface area contributed by atoms with Crippen molar-refractivity contribution in [2.24, 2.45) is 0 Å². The van der Waals surface area contributed by atoms with Crippen LogP contribution < -0.4 is 10.6 Å². The van der Waals surface area contributed by atoms with E-state index >= 15 is 0 Å². The first-order valence-electron chi connectivity index (χ1n) is 8.47. The molecule has 0 aliphatic rings. The topological polar surface area (TPSA) is 74.0 Å². The molecule has 0 saturated carbocycles. The number of carbonyl (C=O) groups excluding carboxylic acids is 2. The van der Waals surface area contributed by atoms with Crippen LogP contribution in [0.3, 0.4) is 0 Å². The van der Waals surface area contributed by atoms with Crippen LogP contribution in [0.1, 0.15) is 18.1 Å². The largest absolute Gasteiger partial charge is 0.361 e. The van der Waals surface area contributed by atoms with Gasteiger partial charge in [0, 0.05) is 42.2 Å². The van der Waals surface area contributed by atoms with Gasteiger partial charge in [0.25, 0.3) is 0 Å². The molecule has 0 bridgehead atoms. The first-order chi connectivity index (χ1) is 12.6. The zero-order chi connectivity index (χ0) is 18.4. The SMILES string of the molecule is CC(=O)N[C@@H](Cc1ccccc1)C(=O)N/C=C\c1c[nH]c2ccccc12. The van der Waals surface area contributed by atoms with E-state index in [4.69, 9.17) is 0 Å². The van der Waals surface area contributed by atoms with Gasteiger partial charge in [-0.25, -0.2) is 0 Å². The van der Waals surface area contributed by atoms with Gasteiger partial charge in [-0.1, -0.05) is 48.5 Å². The average Bonchev–Trinajstić information content (AvgIpc) is 3.05. The van der Waals surface area contributed by atoms with Gasteiger partial charge in [-0.3, -0.25) is 9.59 Å². The number of para-hydroxylation sites is 1. The monoisotopic (exact) mass is 347 g/mol. The highest BCUT2D eigenvalue weighted by atomic mass is 16.2. The summed E-state index contributed by atoms with van der Waals surface area (Å²) in [5, 5.41) is 6.56. The number of fused-ring (bicyclic) bond motifs is 1. The molecule has 3 N–H and O–H groups in total. The first-order valence-corrected chi connectivity index (χ1v) is 8.47. The van der Waals surface area contributed by atoms with Crippen LogP contribution in [-0.2, 0) is 16.0 Å². The van der Waals surface area contributed by atoms with Crippen LogP contribution in [0.5, 0.6) is 0 Å². The van der Waals surface area contributed by atoms with Crippen LogP contribution in [0.2, 0.25) is 0 Å². The van der Waals surface area contributed by atoms with E-state index < -0.39 is 6.04 Å². The van der Waals surface area contributed by atoms with Crippen LogP contribution in [0, 0.1) is 0 Å². The van der Waals surface area contributed by atoms with Crippen molar-refractivity contribution in [1.82, 2.24) is 15.6 Å². The lowest BCUT2D eigenvalue weighted by Crippen LogP contribution is -2.46. The normalized spacial score (nSPS) is 12.2. The van der Waals surface area contributed by atoms with Crippen LogP contribution in [0.15, 0.2) is 67.0 Å². The summed E-state index contributed by atoms with van der Waals surface area (Å²) >= 11 is 0. The van der Waals surface area contributed by atoms with Gasteiger partial charge in [-0.05, 0) is 17.7 Å². The fraction of sp³-hybridized carbons (Fsp3) is 0.143. The Morgan fingerprint density at radius 2 is 1.81 bits per heavy atom. The minimum atomic E-state index is -0.623. The third-order valence-corrected chi connectivity index (χ3v) is 4.09. The highest BCUT2D eigenvalue weighted by molar-refractivity contribution is 5.90. The highest BCUT2D eigenvalue weighted by Gasteiger charge is 2.18. The van der Waals surface area contributed by atoms with Crippen molar-refractivity contribution in [2.75, 3.05) is 0 Å². The fourth-order valence-electron chi connectivity index (χ4n) is 2.85. The second-order valence-electron chi connectivity index (χ2n) is 6.07. The molecule has 5 heteroatoms.